The van der Waals surface area contributed by atoms with Crippen molar-refractivity contribution in [3.63, 3.8) is 0 Å². The molecule has 15 heavy (non-hydrogen) atoms. The first kappa shape index (κ1) is 10.2. The lowest BCUT2D eigenvalue weighted by atomic mass is 9.96. The van der Waals surface area contributed by atoms with Crippen molar-refractivity contribution in [2.45, 2.75) is 19.4 Å². The van der Waals surface area contributed by atoms with Crippen LogP contribution in [0.2, 0.25) is 0 Å². The average molecular weight is 204 g/mol. The highest BCUT2D eigenvalue weighted by atomic mass is 16.1. The van der Waals surface area contributed by atoms with Crippen LogP contribution in [0.4, 0.5) is 0 Å². The molecule has 3 heteroatoms. The Bertz CT molecular complexity index is 387. The standard InChI is InChI=1S/C12H16N2O/c1-8(13-2)10-4-3-9-5-6-14-12(15)11(9)7-10/h3-4,7-8,13H,5-6H2,1-2H3,(H,14,15). The van der Waals surface area contributed by atoms with Gasteiger partial charge in [0.15, 0.2) is 0 Å². The Morgan fingerprint density at radius 1 is 1.47 bits per heavy atom. The second-order valence-corrected chi connectivity index (χ2v) is 3.93. The average Bonchev–Trinajstić information content (AvgIpc) is 2.28. The first-order chi connectivity index (χ1) is 7.22. The number of carbonyl (C=O) groups is 1. The van der Waals surface area contributed by atoms with Crippen molar-refractivity contribution in [3.05, 3.63) is 34.9 Å². The number of carbonyl (C=O) groups excluding carboxylic acids is 1. The lowest BCUT2D eigenvalue weighted by molar-refractivity contribution is 0.0946. The Balaban J connectivity index is 2.39. The third kappa shape index (κ3) is 1.88. The Morgan fingerprint density at radius 3 is 3.00 bits per heavy atom. The molecule has 0 saturated heterocycles. The zero-order valence-electron chi connectivity index (χ0n) is 9.13. The molecule has 0 fully saturated rings. The minimum Gasteiger partial charge on any atom is -0.352 e. The van der Waals surface area contributed by atoms with Crippen molar-refractivity contribution in [1.82, 2.24) is 10.6 Å². The van der Waals surface area contributed by atoms with E-state index in [0.717, 1.165) is 29.7 Å². The number of hydrogen-bond donors (Lipinski definition) is 2. The molecule has 1 aromatic carbocycles. The Hall–Kier alpha value is -1.35. The second-order valence-electron chi connectivity index (χ2n) is 3.93. The molecule has 1 atom stereocenters. The fourth-order valence-electron chi connectivity index (χ4n) is 1.87. The number of rotatable bonds is 2. The van der Waals surface area contributed by atoms with Crippen molar-refractivity contribution in [2.24, 2.45) is 0 Å². The van der Waals surface area contributed by atoms with Crippen LogP contribution in [0.5, 0.6) is 0 Å². The number of amides is 1. The van der Waals surface area contributed by atoms with Gasteiger partial charge in [0.25, 0.3) is 5.91 Å². The van der Waals surface area contributed by atoms with E-state index in [2.05, 4.69) is 29.7 Å². The van der Waals surface area contributed by atoms with Crippen LogP contribution in [0, 0.1) is 0 Å². The molecule has 1 aromatic rings. The summed E-state index contributed by atoms with van der Waals surface area (Å²) >= 11 is 0. The molecule has 3 nitrogen and oxygen atoms in total. The third-order valence-corrected chi connectivity index (χ3v) is 2.99. The second kappa shape index (κ2) is 4.03. The number of hydrogen-bond acceptors (Lipinski definition) is 2. The van der Waals surface area contributed by atoms with Gasteiger partial charge in [0, 0.05) is 18.2 Å². The fourth-order valence-corrected chi connectivity index (χ4v) is 1.87. The van der Waals surface area contributed by atoms with Gasteiger partial charge in [-0.25, -0.2) is 0 Å². The molecule has 1 aliphatic heterocycles. The van der Waals surface area contributed by atoms with Crippen LogP contribution in [0.1, 0.15) is 34.5 Å². The van der Waals surface area contributed by atoms with E-state index in [0.29, 0.717) is 0 Å². The largest absolute Gasteiger partial charge is 0.352 e. The molecule has 2 N–H and O–H groups in total. The third-order valence-electron chi connectivity index (χ3n) is 2.99. The van der Waals surface area contributed by atoms with Crippen LogP contribution >= 0.6 is 0 Å². The van der Waals surface area contributed by atoms with E-state index < -0.39 is 0 Å². The van der Waals surface area contributed by atoms with Gasteiger partial charge in [0.05, 0.1) is 0 Å². The van der Waals surface area contributed by atoms with E-state index in [1.165, 1.54) is 0 Å². The normalized spacial score (nSPS) is 16.8. The molecule has 1 amide bonds. The fraction of sp³-hybridized carbons (Fsp3) is 0.417. The van der Waals surface area contributed by atoms with Crippen molar-refractivity contribution in [1.29, 1.82) is 0 Å². The highest BCUT2D eigenvalue weighted by molar-refractivity contribution is 5.96. The summed E-state index contributed by atoms with van der Waals surface area (Å²) in [4.78, 5) is 11.6. The van der Waals surface area contributed by atoms with E-state index in [4.69, 9.17) is 0 Å². The first-order valence-corrected chi connectivity index (χ1v) is 5.30. The van der Waals surface area contributed by atoms with E-state index in [1.807, 2.05) is 13.1 Å². The van der Waals surface area contributed by atoms with Crippen LogP contribution in [0.3, 0.4) is 0 Å². The smallest absolute Gasteiger partial charge is 0.251 e. The SMILES string of the molecule is CNC(C)c1ccc2c(c1)C(=O)NCC2. The predicted octanol–water partition coefficient (Wildman–Crippen LogP) is 1.25. The summed E-state index contributed by atoms with van der Waals surface area (Å²) < 4.78 is 0. The molecule has 0 spiro atoms. The lowest BCUT2D eigenvalue weighted by Crippen LogP contribution is -2.32. The van der Waals surface area contributed by atoms with Crippen molar-refractivity contribution < 1.29 is 4.79 Å². The lowest BCUT2D eigenvalue weighted by Gasteiger charge is -2.19. The highest BCUT2D eigenvalue weighted by Crippen LogP contribution is 2.19. The molecule has 2 rings (SSSR count). The molecule has 1 heterocycles. The summed E-state index contributed by atoms with van der Waals surface area (Å²) in [7, 11) is 1.92. The minimum absolute atomic E-state index is 0.0569. The van der Waals surface area contributed by atoms with Gasteiger partial charge in [-0.05, 0) is 37.6 Å². The number of benzene rings is 1. The summed E-state index contributed by atoms with van der Waals surface area (Å²) in [6.45, 7) is 2.84. The molecule has 0 bridgehead atoms. The quantitative estimate of drug-likeness (QED) is 0.761. The zero-order chi connectivity index (χ0) is 10.8. The summed E-state index contributed by atoms with van der Waals surface area (Å²) in [6, 6.07) is 6.44. The summed E-state index contributed by atoms with van der Waals surface area (Å²) in [6.07, 6.45) is 0.940. The van der Waals surface area contributed by atoms with Gasteiger partial charge in [0.2, 0.25) is 0 Å². The van der Waals surface area contributed by atoms with Crippen LogP contribution in [0.15, 0.2) is 18.2 Å². The molecular weight excluding hydrogens is 188 g/mol. The van der Waals surface area contributed by atoms with Crippen LogP contribution < -0.4 is 10.6 Å². The molecule has 0 aliphatic carbocycles. The molecule has 1 aliphatic rings. The van der Waals surface area contributed by atoms with Crippen LogP contribution in [0.25, 0.3) is 0 Å². The van der Waals surface area contributed by atoms with Gasteiger partial charge in [-0.1, -0.05) is 12.1 Å². The van der Waals surface area contributed by atoms with Gasteiger partial charge in [-0.2, -0.15) is 0 Å². The Kier molecular flexibility index (Phi) is 2.73. The monoisotopic (exact) mass is 204 g/mol. The molecule has 80 valence electrons. The van der Waals surface area contributed by atoms with Crippen molar-refractivity contribution in [3.8, 4) is 0 Å². The molecule has 0 saturated carbocycles. The molecule has 0 aromatic heterocycles. The van der Waals surface area contributed by atoms with Gasteiger partial charge in [-0.15, -0.1) is 0 Å². The van der Waals surface area contributed by atoms with Gasteiger partial charge in [-0.3, -0.25) is 4.79 Å². The van der Waals surface area contributed by atoms with Crippen molar-refractivity contribution in [2.75, 3.05) is 13.6 Å². The van der Waals surface area contributed by atoms with E-state index >= 15 is 0 Å². The predicted molar refractivity (Wildman–Crippen MR) is 60.0 cm³/mol. The maximum Gasteiger partial charge on any atom is 0.251 e. The molecule has 0 radical (unpaired) electrons. The summed E-state index contributed by atoms with van der Waals surface area (Å²) in [5, 5.41) is 6.03. The summed E-state index contributed by atoms with van der Waals surface area (Å²) in [5.41, 5.74) is 3.15. The number of fused-ring (bicyclic) bond motifs is 1. The minimum atomic E-state index is 0.0569. The van der Waals surface area contributed by atoms with Gasteiger partial charge < -0.3 is 10.6 Å². The van der Waals surface area contributed by atoms with Crippen LogP contribution in [-0.4, -0.2) is 19.5 Å². The van der Waals surface area contributed by atoms with E-state index in [9.17, 15) is 4.79 Å². The molecular formula is C12H16N2O. The molecule has 1 unspecified atom stereocenters. The zero-order valence-corrected chi connectivity index (χ0v) is 9.13. The van der Waals surface area contributed by atoms with E-state index in [1.54, 1.807) is 0 Å². The number of nitrogens with one attached hydrogen (secondary N) is 2. The van der Waals surface area contributed by atoms with Gasteiger partial charge in [0.1, 0.15) is 0 Å². The van der Waals surface area contributed by atoms with Gasteiger partial charge >= 0.3 is 0 Å². The van der Waals surface area contributed by atoms with Crippen LogP contribution in [-0.2, 0) is 6.42 Å². The maximum absolute atomic E-state index is 11.6. The van der Waals surface area contributed by atoms with E-state index in [-0.39, 0.29) is 11.9 Å². The summed E-state index contributed by atoms with van der Waals surface area (Å²) in [5.74, 6) is 0.0569. The first-order valence-electron chi connectivity index (χ1n) is 5.30. The Labute approximate surface area is 89.9 Å². The van der Waals surface area contributed by atoms with Crippen molar-refractivity contribution >= 4 is 5.91 Å². The highest BCUT2D eigenvalue weighted by Gasteiger charge is 2.17. The Morgan fingerprint density at radius 2 is 2.27 bits per heavy atom. The topological polar surface area (TPSA) is 41.1 Å². The maximum atomic E-state index is 11.6.